The number of rotatable bonds is 4. The molecule has 2 aliphatic carbocycles. The SMILES string of the molecule is CCC1CCC(CN2C(=O)C3(CCCC3)NC2CC)CC1. The molecule has 3 heteroatoms. The van der Waals surface area contributed by atoms with Crippen molar-refractivity contribution in [2.75, 3.05) is 6.54 Å². The van der Waals surface area contributed by atoms with Crippen LogP contribution < -0.4 is 5.32 Å². The Morgan fingerprint density at radius 2 is 1.67 bits per heavy atom. The summed E-state index contributed by atoms with van der Waals surface area (Å²) < 4.78 is 0. The van der Waals surface area contributed by atoms with Gasteiger partial charge in [0.2, 0.25) is 5.91 Å². The summed E-state index contributed by atoms with van der Waals surface area (Å²) in [5.41, 5.74) is -0.179. The highest BCUT2D eigenvalue weighted by atomic mass is 16.2. The summed E-state index contributed by atoms with van der Waals surface area (Å²) in [5.74, 6) is 2.10. The topological polar surface area (TPSA) is 32.3 Å². The number of nitrogens with zero attached hydrogens (tertiary/aromatic N) is 1. The van der Waals surface area contributed by atoms with Crippen molar-refractivity contribution < 1.29 is 4.79 Å². The van der Waals surface area contributed by atoms with Crippen molar-refractivity contribution in [3.05, 3.63) is 0 Å². The van der Waals surface area contributed by atoms with Crippen LogP contribution in [0.15, 0.2) is 0 Å². The van der Waals surface area contributed by atoms with E-state index in [1.54, 1.807) is 0 Å². The molecule has 1 heterocycles. The fraction of sp³-hybridized carbons (Fsp3) is 0.944. The van der Waals surface area contributed by atoms with Crippen molar-refractivity contribution in [3.63, 3.8) is 0 Å². The molecule has 0 bridgehead atoms. The third-order valence-electron chi connectivity index (χ3n) is 6.33. The van der Waals surface area contributed by atoms with Crippen LogP contribution in [0.4, 0.5) is 0 Å². The Kier molecular flexibility index (Phi) is 4.58. The summed E-state index contributed by atoms with van der Waals surface area (Å²) in [6.45, 7) is 5.53. The van der Waals surface area contributed by atoms with Crippen molar-refractivity contribution in [3.8, 4) is 0 Å². The van der Waals surface area contributed by atoms with Gasteiger partial charge in [-0.15, -0.1) is 0 Å². The summed E-state index contributed by atoms with van der Waals surface area (Å²) in [7, 11) is 0. The van der Waals surface area contributed by atoms with E-state index in [4.69, 9.17) is 0 Å². The zero-order chi connectivity index (χ0) is 14.9. The van der Waals surface area contributed by atoms with Gasteiger partial charge >= 0.3 is 0 Å². The highest BCUT2D eigenvalue weighted by Crippen LogP contribution is 2.38. The summed E-state index contributed by atoms with van der Waals surface area (Å²) in [5, 5.41) is 3.70. The highest BCUT2D eigenvalue weighted by molar-refractivity contribution is 5.89. The maximum atomic E-state index is 13.0. The van der Waals surface area contributed by atoms with E-state index in [9.17, 15) is 4.79 Å². The lowest BCUT2D eigenvalue weighted by Crippen LogP contribution is -2.44. The average Bonchev–Trinajstić information content (AvgIpc) is 3.09. The van der Waals surface area contributed by atoms with E-state index in [0.717, 1.165) is 37.6 Å². The largest absolute Gasteiger partial charge is 0.325 e. The molecule has 0 aromatic heterocycles. The summed E-state index contributed by atoms with van der Waals surface area (Å²) in [6.07, 6.45) is 12.6. The molecule has 3 aliphatic rings. The predicted molar refractivity (Wildman–Crippen MR) is 85.9 cm³/mol. The van der Waals surface area contributed by atoms with Gasteiger partial charge in [0.1, 0.15) is 0 Å². The van der Waals surface area contributed by atoms with Crippen molar-refractivity contribution in [1.82, 2.24) is 10.2 Å². The second-order valence-electron chi connectivity index (χ2n) is 7.61. The first-order valence-electron chi connectivity index (χ1n) is 9.27. The molecule has 1 spiro atoms. The average molecular weight is 292 g/mol. The van der Waals surface area contributed by atoms with Crippen molar-refractivity contribution in [2.24, 2.45) is 11.8 Å². The maximum Gasteiger partial charge on any atom is 0.244 e. The monoisotopic (exact) mass is 292 g/mol. The zero-order valence-corrected chi connectivity index (χ0v) is 13.9. The molecule has 3 rings (SSSR count). The number of amides is 1. The van der Waals surface area contributed by atoms with Gasteiger partial charge < -0.3 is 4.90 Å². The van der Waals surface area contributed by atoms with E-state index < -0.39 is 0 Å². The van der Waals surface area contributed by atoms with E-state index in [2.05, 4.69) is 24.1 Å². The van der Waals surface area contributed by atoms with Crippen LogP contribution in [0.3, 0.4) is 0 Å². The Bertz CT molecular complexity index is 367. The zero-order valence-electron chi connectivity index (χ0n) is 13.9. The Morgan fingerprint density at radius 3 is 2.24 bits per heavy atom. The molecular weight excluding hydrogens is 260 g/mol. The molecule has 0 aromatic carbocycles. The molecule has 1 amide bonds. The number of nitrogens with one attached hydrogen (secondary N) is 1. The van der Waals surface area contributed by atoms with Gasteiger partial charge in [-0.05, 0) is 43.9 Å². The lowest BCUT2D eigenvalue weighted by atomic mass is 9.80. The Labute approximate surface area is 129 Å². The van der Waals surface area contributed by atoms with Crippen molar-refractivity contribution >= 4 is 5.91 Å². The summed E-state index contributed by atoms with van der Waals surface area (Å²) in [4.78, 5) is 15.2. The quantitative estimate of drug-likeness (QED) is 0.857. The first-order chi connectivity index (χ1) is 10.2. The number of carbonyl (C=O) groups excluding carboxylic acids is 1. The van der Waals surface area contributed by atoms with Crippen LogP contribution in [0.5, 0.6) is 0 Å². The summed E-state index contributed by atoms with van der Waals surface area (Å²) in [6, 6.07) is 0. The summed E-state index contributed by atoms with van der Waals surface area (Å²) >= 11 is 0. The molecule has 3 nitrogen and oxygen atoms in total. The van der Waals surface area contributed by atoms with Gasteiger partial charge in [0, 0.05) is 6.54 Å². The number of hydrogen-bond acceptors (Lipinski definition) is 2. The van der Waals surface area contributed by atoms with E-state index in [1.807, 2.05) is 0 Å². The van der Waals surface area contributed by atoms with Gasteiger partial charge in [0.25, 0.3) is 0 Å². The standard InChI is InChI=1S/C18H32N2O/c1-3-14-7-9-15(10-8-14)13-20-16(4-2)19-18(17(20)21)11-5-6-12-18/h14-16,19H,3-13H2,1-2H3. The van der Waals surface area contributed by atoms with Crippen LogP contribution >= 0.6 is 0 Å². The van der Waals surface area contributed by atoms with Crippen LogP contribution in [0.2, 0.25) is 0 Å². The molecule has 120 valence electrons. The van der Waals surface area contributed by atoms with E-state index in [1.165, 1.54) is 44.9 Å². The fourth-order valence-corrected chi connectivity index (χ4v) is 4.84. The molecule has 1 N–H and O–H groups in total. The first kappa shape index (κ1) is 15.3. The van der Waals surface area contributed by atoms with Crippen molar-refractivity contribution in [2.45, 2.75) is 89.8 Å². The van der Waals surface area contributed by atoms with Crippen LogP contribution in [0.25, 0.3) is 0 Å². The molecule has 1 atom stereocenters. The van der Waals surface area contributed by atoms with E-state index in [-0.39, 0.29) is 5.54 Å². The molecule has 3 fully saturated rings. The van der Waals surface area contributed by atoms with Gasteiger partial charge in [-0.2, -0.15) is 0 Å². The van der Waals surface area contributed by atoms with Crippen molar-refractivity contribution in [1.29, 1.82) is 0 Å². The van der Waals surface area contributed by atoms with Gasteiger partial charge in [0.05, 0.1) is 11.7 Å². The van der Waals surface area contributed by atoms with E-state index in [0.29, 0.717) is 12.1 Å². The minimum Gasteiger partial charge on any atom is -0.325 e. The normalized spacial score (nSPS) is 35.8. The van der Waals surface area contributed by atoms with Crippen LogP contribution in [-0.4, -0.2) is 29.1 Å². The number of hydrogen-bond donors (Lipinski definition) is 1. The Hall–Kier alpha value is -0.570. The van der Waals surface area contributed by atoms with Crippen LogP contribution in [-0.2, 0) is 4.79 Å². The molecule has 0 aromatic rings. The van der Waals surface area contributed by atoms with E-state index >= 15 is 0 Å². The van der Waals surface area contributed by atoms with Gasteiger partial charge in [-0.25, -0.2) is 0 Å². The predicted octanol–water partition coefficient (Wildman–Crippen LogP) is 3.68. The molecular formula is C18H32N2O. The second kappa shape index (κ2) is 6.28. The minimum atomic E-state index is -0.179. The third kappa shape index (κ3) is 2.86. The first-order valence-corrected chi connectivity index (χ1v) is 9.27. The lowest BCUT2D eigenvalue weighted by Gasteiger charge is -2.33. The van der Waals surface area contributed by atoms with Crippen LogP contribution in [0.1, 0.15) is 78.1 Å². The second-order valence-corrected chi connectivity index (χ2v) is 7.61. The molecule has 2 saturated carbocycles. The third-order valence-corrected chi connectivity index (χ3v) is 6.33. The fourth-order valence-electron chi connectivity index (χ4n) is 4.84. The van der Waals surface area contributed by atoms with Gasteiger partial charge in [0.15, 0.2) is 0 Å². The van der Waals surface area contributed by atoms with Crippen LogP contribution in [0, 0.1) is 11.8 Å². The molecule has 1 unspecified atom stereocenters. The Morgan fingerprint density at radius 1 is 1.05 bits per heavy atom. The highest BCUT2D eigenvalue weighted by Gasteiger charge is 2.51. The number of carbonyl (C=O) groups is 1. The Balaban J connectivity index is 1.62. The van der Waals surface area contributed by atoms with Gasteiger partial charge in [-0.1, -0.05) is 46.0 Å². The molecule has 0 radical (unpaired) electrons. The minimum absolute atomic E-state index is 0.179. The maximum absolute atomic E-state index is 13.0. The lowest BCUT2D eigenvalue weighted by molar-refractivity contribution is -0.134. The molecule has 21 heavy (non-hydrogen) atoms. The smallest absolute Gasteiger partial charge is 0.244 e. The van der Waals surface area contributed by atoms with Gasteiger partial charge in [-0.3, -0.25) is 10.1 Å². The molecule has 1 aliphatic heterocycles. The molecule has 1 saturated heterocycles.